The van der Waals surface area contributed by atoms with E-state index in [-0.39, 0.29) is 5.84 Å². The van der Waals surface area contributed by atoms with E-state index in [0.29, 0.717) is 31.0 Å². The molecular weight excluding hydrogens is 274 g/mol. The zero-order chi connectivity index (χ0) is 15.8. The lowest BCUT2D eigenvalue weighted by Gasteiger charge is -2.20. The lowest BCUT2D eigenvalue weighted by molar-refractivity contribution is 0.0419. The van der Waals surface area contributed by atoms with Gasteiger partial charge in [-0.1, -0.05) is 11.2 Å². The lowest BCUT2D eigenvalue weighted by atomic mass is 10.1. The summed E-state index contributed by atoms with van der Waals surface area (Å²) in [4.78, 5) is 1.96. The van der Waals surface area contributed by atoms with Crippen LogP contribution >= 0.6 is 0 Å². The molecule has 21 heavy (non-hydrogen) atoms. The van der Waals surface area contributed by atoms with Crippen molar-refractivity contribution in [3.8, 4) is 5.75 Å². The van der Waals surface area contributed by atoms with E-state index in [0.717, 1.165) is 5.56 Å². The van der Waals surface area contributed by atoms with Crippen LogP contribution in [0.4, 0.5) is 0 Å². The Morgan fingerprint density at radius 2 is 2.14 bits per heavy atom. The van der Waals surface area contributed by atoms with Crippen LogP contribution in [0.2, 0.25) is 0 Å². The largest absolute Gasteiger partial charge is 0.496 e. The Hall–Kier alpha value is -1.83. The highest BCUT2D eigenvalue weighted by atomic mass is 16.5. The Kier molecular flexibility index (Phi) is 6.93. The van der Waals surface area contributed by atoms with Crippen molar-refractivity contribution in [1.82, 2.24) is 4.90 Å². The molecule has 0 amide bonds. The third-order valence-electron chi connectivity index (χ3n) is 2.98. The van der Waals surface area contributed by atoms with Crippen LogP contribution in [-0.4, -0.2) is 61.6 Å². The highest BCUT2D eigenvalue weighted by Gasteiger charge is 2.12. The summed E-state index contributed by atoms with van der Waals surface area (Å²) in [5.41, 5.74) is 7.13. The number of hydrogen-bond donors (Lipinski definition) is 3. The minimum atomic E-state index is -0.540. The fraction of sp³-hybridized carbons (Fsp3) is 0.500. The molecule has 1 aromatic carbocycles. The molecule has 0 bridgehead atoms. The van der Waals surface area contributed by atoms with E-state index in [1.54, 1.807) is 19.2 Å². The van der Waals surface area contributed by atoms with E-state index >= 15 is 0 Å². The van der Waals surface area contributed by atoms with Crippen LogP contribution in [0.25, 0.3) is 0 Å². The van der Waals surface area contributed by atoms with Crippen LogP contribution in [0.5, 0.6) is 5.75 Å². The van der Waals surface area contributed by atoms with Crippen LogP contribution in [0.1, 0.15) is 11.1 Å². The predicted octanol–water partition coefficient (Wildman–Crippen LogP) is 0.229. The summed E-state index contributed by atoms with van der Waals surface area (Å²) in [7, 11) is 4.97. The van der Waals surface area contributed by atoms with E-state index in [1.807, 2.05) is 18.0 Å². The molecule has 0 saturated heterocycles. The molecule has 0 aliphatic carbocycles. The Labute approximate surface area is 124 Å². The molecule has 0 fully saturated rings. The first kappa shape index (κ1) is 17.2. The van der Waals surface area contributed by atoms with Crippen molar-refractivity contribution in [1.29, 1.82) is 0 Å². The standard InChI is InChI=1S/C14H23N3O4/c1-17(8-11(18)9-20-2)7-10-4-5-13(21-3)12(6-10)14(15)16-19/h4-6,11,18-19H,7-9H2,1-3H3,(H2,15,16). The lowest BCUT2D eigenvalue weighted by Crippen LogP contribution is -2.31. The molecule has 0 aromatic heterocycles. The molecule has 0 heterocycles. The molecule has 1 unspecified atom stereocenters. The van der Waals surface area contributed by atoms with E-state index < -0.39 is 6.10 Å². The average molecular weight is 297 g/mol. The van der Waals surface area contributed by atoms with E-state index in [4.69, 9.17) is 20.4 Å². The van der Waals surface area contributed by atoms with E-state index in [2.05, 4.69) is 5.16 Å². The number of nitrogens with zero attached hydrogens (tertiary/aromatic N) is 2. The van der Waals surface area contributed by atoms with Crippen LogP contribution < -0.4 is 10.5 Å². The number of aliphatic hydroxyl groups excluding tert-OH is 1. The summed E-state index contributed by atoms with van der Waals surface area (Å²) in [5.74, 6) is 0.534. The first-order valence-electron chi connectivity index (χ1n) is 6.52. The molecule has 118 valence electrons. The van der Waals surface area contributed by atoms with Gasteiger partial charge in [-0.05, 0) is 24.7 Å². The van der Waals surface area contributed by atoms with Crippen molar-refractivity contribution in [2.24, 2.45) is 10.9 Å². The summed E-state index contributed by atoms with van der Waals surface area (Å²) in [5, 5.41) is 21.5. The Bertz CT molecular complexity index is 479. The normalized spacial score (nSPS) is 13.5. The van der Waals surface area contributed by atoms with Crippen molar-refractivity contribution in [3.63, 3.8) is 0 Å². The molecule has 0 spiro atoms. The van der Waals surface area contributed by atoms with Crippen molar-refractivity contribution >= 4 is 5.84 Å². The van der Waals surface area contributed by atoms with Gasteiger partial charge in [-0.3, -0.25) is 4.90 Å². The fourth-order valence-corrected chi connectivity index (χ4v) is 2.09. The number of rotatable bonds is 8. The molecule has 4 N–H and O–H groups in total. The second-order valence-corrected chi connectivity index (χ2v) is 4.83. The molecule has 1 rings (SSSR count). The van der Waals surface area contributed by atoms with Gasteiger partial charge in [-0.2, -0.15) is 0 Å². The van der Waals surface area contributed by atoms with Gasteiger partial charge < -0.3 is 25.5 Å². The van der Waals surface area contributed by atoms with E-state index in [9.17, 15) is 5.11 Å². The minimum Gasteiger partial charge on any atom is -0.496 e. The number of aliphatic hydroxyl groups is 1. The Balaban J connectivity index is 2.80. The van der Waals surface area contributed by atoms with Gasteiger partial charge in [0.15, 0.2) is 5.84 Å². The number of hydrogen-bond acceptors (Lipinski definition) is 6. The molecule has 7 heteroatoms. The molecule has 0 aliphatic heterocycles. The highest BCUT2D eigenvalue weighted by Crippen LogP contribution is 2.20. The molecule has 0 saturated carbocycles. The van der Waals surface area contributed by atoms with Crippen LogP contribution in [0, 0.1) is 0 Å². The Morgan fingerprint density at radius 1 is 1.43 bits per heavy atom. The first-order valence-corrected chi connectivity index (χ1v) is 6.52. The molecule has 1 aromatic rings. The SMILES string of the molecule is COCC(O)CN(C)Cc1ccc(OC)c(C(N)=NO)c1. The van der Waals surface area contributed by atoms with Crippen molar-refractivity contribution in [2.75, 3.05) is 34.4 Å². The second kappa shape index (κ2) is 8.46. The van der Waals surface area contributed by atoms with Crippen LogP contribution in [0.15, 0.2) is 23.4 Å². The van der Waals surface area contributed by atoms with Gasteiger partial charge in [-0.25, -0.2) is 0 Å². The smallest absolute Gasteiger partial charge is 0.173 e. The van der Waals surface area contributed by atoms with Gasteiger partial charge in [0.1, 0.15) is 5.75 Å². The summed E-state index contributed by atoms with van der Waals surface area (Å²) in [6.07, 6.45) is -0.540. The Morgan fingerprint density at radius 3 is 2.71 bits per heavy atom. The number of ether oxygens (including phenoxy) is 2. The number of nitrogens with two attached hydrogens (primary N) is 1. The third-order valence-corrected chi connectivity index (χ3v) is 2.98. The quantitative estimate of drug-likeness (QED) is 0.275. The number of likely N-dealkylation sites (N-methyl/N-ethyl adjacent to an activating group) is 1. The highest BCUT2D eigenvalue weighted by molar-refractivity contribution is 5.99. The van der Waals surface area contributed by atoms with Gasteiger partial charge in [0.2, 0.25) is 0 Å². The topological polar surface area (TPSA) is 101 Å². The van der Waals surface area contributed by atoms with Gasteiger partial charge >= 0.3 is 0 Å². The summed E-state index contributed by atoms with van der Waals surface area (Å²) < 4.78 is 10.1. The predicted molar refractivity (Wildman–Crippen MR) is 79.7 cm³/mol. The zero-order valence-electron chi connectivity index (χ0n) is 12.6. The zero-order valence-corrected chi connectivity index (χ0v) is 12.6. The molecule has 1 atom stereocenters. The second-order valence-electron chi connectivity index (χ2n) is 4.83. The maximum absolute atomic E-state index is 9.70. The van der Waals surface area contributed by atoms with Crippen molar-refractivity contribution in [3.05, 3.63) is 29.3 Å². The maximum atomic E-state index is 9.70. The number of benzene rings is 1. The summed E-state index contributed by atoms with van der Waals surface area (Å²) in [6.45, 7) is 1.39. The summed E-state index contributed by atoms with van der Waals surface area (Å²) in [6, 6.07) is 5.46. The van der Waals surface area contributed by atoms with Crippen LogP contribution in [0.3, 0.4) is 0 Å². The van der Waals surface area contributed by atoms with Gasteiger partial charge in [0.25, 0.3) is 0 Å². The summed E-state index contributed by atoms with van der Waals surface area (Å²) >= 11 is 0. The number of oxime groups is 1. The minimum absolute atomic E-state index is 0.00392. The van der Waals surface area contributed by atoms with Gasteiger partial charge in [-0.15, -0.1) is 0 Å². The monoisotopic (exact) mass is 297 g/mol. The maximum Gasteiger partial charge on any atom is 0.173 e. The molecular formula is C14H23N3O4. The fourth-order valence-electron chi connectivity index (χ4n) is 2.09. The average Bonchev–Trinajstić information content (AvgIpc) is 2.46. The van der Waals surface area contributed by atoms with E-state index in [1.165, 1.54) is 7.11 Å². The van der Waals surface area contributed by atoms with Gasteiger partial charge in [0.05, 0.1) is 25.4 Å². The van der Waals surface area contributed by atoms with Gasteiger partial charge in [0, 0.05) is 20.2 Å². The molecule has 0 aliphatic rings. The van der Waals surface area contributed by atoms with Crippen molar-refractivity contribution in [2.45, 2.75) is 12.6 Å². The van der Waals surface area contributed by atoms with Crippen molar-refractivity contribution < 1.29 is 19.8 Å². The number of amidine groups is 1. The first-order chi connectivity index (χ1) is 10.0. The molecule has 7 nitrogen and oxygen atoms in total. The molecule has 0 radical (unpaired) electrons. The third kappa shape index (κ3) is 5.22. The van der Waals surface area contributed by atoms with Crippen LogP contribution in [-0.2, 0) is 11.3 Å². The number of methoxy groups -OCH3 is 2.